The number of carbonyl (C=O) groups is 2. The zero-order chi connectivity index (χ0) is 22.5. The predicted molar refractivity (Wildman–Crippen MR) is 127 cm³/mol. The fourth-order valence-electron chi connectivity index (χ4n) is 4.18. The lowest BCUT2D eigenvalue weighted by atomic mass is 9.95. The molecule has 2 aromatic rings. The van der Waals surface area contributed by atoms with E-state index in [-0.39, 0.29) is 17.9 Å². The molecule has 0 aliphatic carbocycles. The average molecular weight is 458 g/mol. The highest BCUT2D eigenvalue weighted by Crippen LogP contribution is 2.29. The Labute approximate surface area is 192 Å². The number of benzene rings is 1. The number of amides is 2. The van der Waals surface area contributed by atoms with Gasteiger partial charge in [-0.25, -0.2) is 4.98 Å². The smallest absolute Gasteiger partial charge is 0.275 e. The first kappa shape index (κ1) is 22.7. The van der Waals surface area contributed by atoms with Gasteiger partial charge in [0, 0.05) is 38.7 Å². The summed E-state index contributed by atoms with van der Waals surface area (Å²) in [6, 6.07) is 5.76. The number of rotatable bonds is 8. The molecule has 2 aliphatic rings. The number of aromatic nitrogens is 1. The Morgan fingerprint density at radius 3 is 2.91 bits per heavy atom. The van der Waals surface area contributed by atoms with Crippen molar-refractivity contribution < 1.29 is 14.3 Å². The second-order valence-electron chi connectivity index (χ2n) is 8.31. The van der Waals surface area contributed by atoms with E-state index >= 15 is 0 Å². The van der Waals surface area contributed by atoms with Crippen molar-refractivity contribution in [3.05, 3.63) is 40.4 Å². The van der Waals surface area contributed by atoms with Gasteiger partial charge < -0.3 is 25.6 Å². The van der Waals surface area contributed by atoms with Crippen LogP contribution in [0.25, 0.3) is 0 Å². The van der Waals surface area contributed by atoms with Crippen molar-refractivity contribution in [2.24, 2.45) is 0 Å². The van der Waals surface area contributed by atoms with E-state index in [0.717, 1.165) is 56.1 Å². The van der Waals surface area contributed by atoms with Gasteiger partial charge in [0.1, 0.15) is 5.69 Å². The standard InChI is InChI=1S/C23H31N5O3S/c1-3-8-25-21(29)18-11-15(16-6-9-24-12-16)4-5-19(18)26-22(30)20-14-32-23(27-20)28-10-7-17(13-28)31-2/h4-5,11,14,16-17,24H,3,6-10,12-13H2,1-2H3,(H,25,29)(H,26,30)/t16?,17-/m0/s1. The van der Waals surface area contributed by atoms with Crippen LogP contribution < -0.4 is 20.9 Å². The van der Waals surface area contributed by atoms with Crippen molar-refractivity contribution in [1.29, 1.82) is 0 Å². The minimum Gasteiger partial charge on any atom is -0.380 e. The average Bonchev–Trinajstić information content (AvgIpc) is 3.58. The molecule has 172 valence electrons. The van der Waals surface area contributed by atoms with E-state index < -0.39 is 0 Å². The normalized spacial score (nSPS) is 20.5. The fourth-order valence-corrected chi connectivity index (χ4v) is 5.02. The van der Waals surface area contributed by atoms with Crippen molar-refractivity contribution >= 4 is 34.0 Å². The number of hydrogen-bond donors (Lipinski definition) is 3. The fraction of sp³-hybridized carbons (Fsp3) is 0.522. The molecule has 9 heteroatoms. The molecule has 8 nitrogen and oxygen atoms in total. The van der Waals surface area contributed by atoms with Crippen LogP contribution in [-0.4, -0.2) is 62.7 Å². The molecule has 4 rings (SSSR count). The minimum atomic E-state index is -0.310. The molecule has 3 heterocycles. The molecule has 1 aromatic heterocycles. The SMILES string of the molecule is CCCNC(=O)c1cc(C2CCNC2)ccc1NC(=O)c1csc(N2CC[C@H](OC)C2)n1. The maximum Gasteiger partial charge on any atom is 0.275 e. The third-order valence-electron chi connectivity index (χ3n) is 6.08. The highest BCUT2D eigenvalue weighted by molar-refractivity contribution is 7.14. The largest absolute Gasteiger partial charge is 0.380 e. The first-order valence-corrected chi connectivity index (χ1v) is 12.1. The molecule has 2 saturated heterocycles. The van der Waals surface area contributed by atoms with Gasteiger partial charge in [-0.2, -0.15) is 0 Å². The van der Waals surface area contributed by atoms with Gasteiger partial charge in [0.25, 0.3) is 11.8 Å². The lowest BCUT2D eigenvalue weighted by Gasteiger charge is -2.15. The predicted octanol–water partition coefficient (Wildman–Crippen LogP) is 2.84. The summed E-state index contributed by atoms with van der Waals surface area (Å²) in [6.45, 7) is 6.14. The molecule has 1 aromatic carbocycles. The maximum atomic E-state index is 12.9. The molecular weight excluding hydrogens is 426 g/mol. The van der Waals surface area contributed by atoms with Crippen molar-refractivity contribution in [3.63, 3.8) is 0 Å². The third kappa shape index (κ3) is 5.11. The molecule has 1 unspecified atom stereocenters. The monoisotopic (exact) mass is 457 g/mol. The van der Waals surface area contributed by atoms with Gasteiger partial charge in [0.05, 0.1) is 17.4 Å². The molecule has 2 aliphatic heterocycles. The van der Waals surface area contributed by atoms with E-state index in [1.807, 2.05) is 25.1 Å². The molecule has 0 radical (unpaired) electrons. The Kier molecular flexibility index (Phi) is 7.39. The second-order valence-corrected chi connectivity index (χ2v) is 9.15. The van der Waals surface area contributed by atoms with E-state index in [1.165, 1.54) is 11.3 Å². The number of methoxy groups -OCH3 is 1. The maximum absolute atomic E-state index is 12.9. The van der Waals surface area contributed by atoms with E-state index in [4.69, 9.17) is 4.74 Å². The molecule has 3 N–H and O–H groups in total. The Hall–Kier alpha value is -2.49. The first-order valence-electron chi connectivity index (χ1n) is 11.3. The van der Waals surface area contributed by atoms with E-state index in [0.29, 0.717) is 29.4 Å². The Bertz CT molecular complexity index is 957. The molecule has 2 atom stereocenters. The van der Waals surface area contributed by atoms with Gasteiger partial charge in [0.15, 0.2) is 5.13 Å². The summed E-state index contributed by atoms with van der Waals surface area (Å²) in [4.78, 5) is 32.4. The summed E-state index contributed by atoms with van der Waals surface area (Å²) >= 11 is 1.45. The van der Waals surface area contributed by atoms with Crippen LogP contribution in [-0.2, 0) is 4.74 Å². The van der Waals surface area contributed by atoms with Crippen LogP contribution in [0, 0.1) is 0 Å². The Balaban J connectivity index is 1.51. The topological polar surface area (TPSA) is 95.6 Å². The molecule has 0 bridgehead atoms. The number of carbonyl (C=O) groups excluding carboxylic acids is 2. The number of nitrogens with zero attached hydrogens (tertiary/aromatic N) is 2. The summed E-state index contributed by atoms with van der Waals surface area (Å²) in [5.41, 5.74) is 2.48. The van der Waals surface area contributed by atoms with Crippen molar-refractivity contribution in [3.8, 4) is 0 Å². The van der Waals surface area contributed by atoms with Crippen LogP contribution in [0.5, 0.6) is 0 Å². The second kappa shape index (κ2) is 10.4. The zero-order valence-electron chi connectivity index (χ0n) is 18.6. The lowest BCUT2D eigenvalue weighted by Crippen LogP contribution is -2.26. The van der Waals surface area contributed by atoms with Gasteiger partial charge in [-0.15, -0.1) is 11.3 Å². The minimum absolute atomic E-state index is 0.170. The zero-order valence-corrected chi connectivity index (χ0v) is 19.5. The first-order chi connectivity index (χ1) is 15.6. The van der Waals surface area contributed by atoms with E-state index in [9.17, 15) is 9.59 Å². The van der Waals surface area contributed by atoms with Gasteiger partial charge in [-0.1, -0.05) is 13.0 Å². The van der Waals surface area contributed by atoms with Gasteiger partial charge >= 0.3 is 0 Å². The van der Waals surface area contributed by atoms with Crippen LogP contribution in [0.4, 0.5) is 10.8 Å². The Morgan fingerprint density at radius 1 is 1.31 bits per heavy atom. The Morgan fingerprint density at radius 2 is 2.19 bits per heavy atom. The molecule has 2 amide bonds. The lowest BCUT2D eigenvalue weighted by molar-refractivity contribution is 0.0954. The summed E-state index contributed by atoms with van der Waals surface area (Å²) in [5.74, 6) is -0.0960. The van der Waals surface area contributed by atoms with Crippen LogP contribution in [0.1, 0.15) is 58.5 Å². The summed E-state index contributed by atoms with van der Waals surface area (Å²) in [6.07, 6.45) is 3.05. The quantitative estimate of drug-likeness (QED) is 0.564. The number of thiazole rings is 1. The molecule has 2 fully saturated rings. The van der Waals surface area contributed by atoms with Crippen LogP contribution in [0.15, 0.2) is 23.6 Å². The summed E-state index contributed by atoms with van der Waals surface area (Å²) in [7, 11) is 1.72. The number of hydrogen-bond acceptors (Lipinski definition) is 7. The summed E-state index contributed by atoms with van der Waals surface area (Å²) in [5, 5.41) is 11.8. The van der Waals surface area contributed by atoms with E-state index in [2.05, 4.69) is 25.8 Å². The van der Waals surface area contributed by atoms with Crippen LogP contribution in [0.3, 0.4) is 0 Å². The van der Waals surface area contributed by atoms with Crippen molar-refractivity contribution in [1.82, 2.24) is 15.6 Å². The van der Waals surface area contributed by atoms with Gasteiger partial charge in [-0.3, -0.25) is 9.59 Å². The third-order valence-corrected chi connectivity index (χ3v) is 6.98. The molecule has 0 spiro atoms. The number of ether oxygens (including phenoxy) is 1. The summed E-state index contributed by atoms with van der Waals surface area (Å²) < 4.78 is 5.42. The molecule has 32 heavy (non-hydrogen) atoms. The van der Waals surface area contributed by atoms with Crippen LogP contribution >= 0.6 is 11.3 Å². The van der Waals surface area contributed by atoms with Crippen LogP contribution in [0.2, 0.25) is 0 Å². The van der Waals surface area contributed by atoms with Crippen molar-refractivity contribution in [2.45, 2.75) is 38.2 Å². The van der Waals surface area contributed by atoms with E-state index in [1.54, 1.807) is 12.5 Å². The molecular formula is C23H31N5O3S. The highest BCUT2D eigenvalue weighted by Gasteiger charge is 2.26. The van der Waals surface area contributed by atoms with Gasteiger partial charge in [-0.05, 0) is 49.4 Å². The van der Waals surface area contributed by atoms with Gasteiger partial charge in [0.2, 0.25) is 0 Å². The number of anilines is 2. The number of nitrogens with one attached hydrogen (secondary N) is 3. The van der Waals surface area contributed by atoms with Crippen molar-refractivity contribution in [2.75, 3.05) is 50.1 Å². The highest BCUT2D eigenvalue weighted by atomic mass is 32.1. The molecule has 0 saturated carbocycles.